The lowest BCUT2D eigenvalue weighted by atomic mass is 9.96. The van der Waals surface area contributed by atoms with E-state index >= 15 is 0 Å². The molecule has 0 amide bonds. The van der Waals surface area contributed by atoms with Crippen LogP contribution >= 0.6 is 0 Å². The van der Waals surface area contributed by atoms with Crippen molar-refractivity contribution in [1.29, 1.82) is 0 Å². The molecule has 6 rings (SSSR count). The molecule has 1 aromatic carbocycles. The quantitative estimate of drug-likeness (QED) is 0.163. The van der Waals surface area contributed by atoms with Crippen molar-refractivity contribution in [2.45, 2.75) is 60.2 Å². The Kier molecular flexibility index (Phi) is 8.37. The Morgan fingerprint density at radius 2 is 1.11 bits per heavy atom. The number of carbonyl (C=O) groups excluding carboxylic acids is 1. The van der Waals surface area contributed by atoms with Crippen LogP contribution in [0.15, 0.2) is 72.8 Å². The number of esters is 1. The number of benzene rings is 1. The normalized spacial score (nSPS) is 15.1. The van der Waals surface area contributed by atoms with Gasteiger partial charge in [-0.15, -0.1) is 0 Å². The standard InChI is InChI=1S/C37H42N6O2/c1-36(2,3)24-43-20-19-42(23-33(44)45-37(4,5)6)21-27-9-7-11-29(38-27)31-17-15-25-13-14-26-16-18-32(41-35(26)34(25)40-31)30-12-8-10-28(22-43)39-30/h7-18H,19-24H2,1-6H3. The number of hydrogen-bond acceptors (Lipinski definition) is 8. The molecule has 0 saturated carbocycles. The van der Waals surface area contributed by atoms with Crippen molar-refractivity contribution in [3.63, 3.8) is 0 Å². The summed E-state index contributed by atoms with van der Waals surface area (Å²) in [6.07, 6.45) is 0. The minimum Gasteiger partial charge on any atom is -0.459 e. The molecule has 8 heteroatoms. The van der Waals surface area contributed by atoms with Crippen molar-refractivity contribution in [3.8, 4) is 22.8 Å². The van der Waals surface area contributed by atoms with E-state index in [2.05, 4.69) is 67.0 Å². The molecule has 5 heterocycles. The summed E-state index contributed by atoms with van der Waals surface area (Å²) < 4.78 is 5.73. The average molecular weight is 603 g/mol. The van der Waals surface area contributed by atoms with E-state index in [1.165, 1.54) is 0 Å². The van der Waals surface area contributed by atoms with Gasteiger partial charge in [0.15, 0.2) is 0 Å². The molecule has 45 heavy (non-hydrogen) atoms. The van der Waals surface area contributed by atoms with Gasteiger partial charge in [-0.25, -0.2) is 19.9 Å². The van der Waals surface area contributed by atoms with Gasteiger partial charge in [-0.1, -0.05) is 57.2 Å². The Balaban J connectivity index is 1.47. The topological polar surface area (TPSA) is 84.3 Å². The second kappa shape index (κ2) is 12.3. The fraction of sp³-hybridized carbons (Fsp3) is 0.378. The first-order chi connectivity index (χ1) is 21.4. The highest BCUT2D eigenvalue weighted by molar-refractivity contribution is 6.04. The van der Waals surface area contributed by atoms with Crippen LogP contribution in [0.3, 0.4) is 0 Å². The Morgan fingerprint density at radius 3 is 1.62 bits per heavy atom. The van der Waals surface area contributed by atoms with Crippen LogP contribution in [-0.2, 0) is 22.6 Å². The van der Waals surface area contributed by atoms with Gasteiger partial charge in [0.1, 0.15) is 5.60 Å². The second-order valence-electron chi connectivity index (χ2n) is 14.2. The van der Waals surface area contributed by atoms with Gasteiger partial charge in [-0.3, -0.25) is 14.6 Å². The number of fused-ring (bicyclic) bond motifs is 8. The smallest absolute Gasteiger partial charge is 0.320 e. The number of nitrogens with zero attached hydrogens (tertiary/aromatic N) is 6. The number of pyridine rings is 4. The van der Waals surface area contributed by atoms with Gasteiger partial charge < -0.3 is 4.74 Å². The van der Waals surface area contributed by atoms with Crippen LogP contribution in [0.5, 0.6) is 0 Å². The second-order valence-corrected chi connectivity index (χ2v) is 14.2. The zero-order valence-electron chi connectivity index (χ0n) is 27.2. The monoisotopic (exact) mass is 602 g/mol. The van der Waals surface area contributed by atoms with E-state index in [0.717, 1.165) is 69.1 Å². The van der Waals surface area contributed by atoms with Gasteiger partial charge in [0.25, 0.3) is 0 Å². The van der Waals surface area contributed by atoms with Crippen molar-refractivity contribution < 1.29 is 9.53 Å². The van der Waals surface area contributed by atoms with E-state index in [9.17, 15) is 4.79 Å². The molecule has 0 spiro atoms. The molecular formula is C37H42N6O2. The Morgan fingerprint density at radius 1 is 0.644 bits per heavy atom. The number of carbonyl (C=O) groups is 1. The van der Waals surface area contributed by atoms with E-state index in [1.807, 2.05) is 57.2 Å². The van der Waals surface area contributed by atoms with Gasteiger partial charge >= 0.3 is 5.97 Å². The SMILES string of the molecule is CC(C)(C)CN1CCN(CC(=O)OC(C)(C)C)Cc2cccc(n2)-c2ccc3ccc4ccc(nc4c3n2)-c2cccc(n2)C1. The minimum atomic E-state index is -0.554. The van der Waals surface area contributed by atoms with Crippen LogP contribution in [0.25, 0.3) is 44.6 Å². The van der Waals surface area contributed by atoms with Crippen molar-refractivity contribution >= 4 is 27.8 Å². The predicted octanol–water partition coefficient (Wildman–Crippen LogP) is 6.91. The Hall–Kier alpha value is -4.27. The summed E-state index contributed by atoms with van der Waals surface area (Å²) >= 11 is 0. The lowest BCUT2D eigenvalue weighted by Crippen LogP contribution is -2.41. The maximum Gasteiger partial charge on any atom is 0.320 e. The molecule has 4 aromatic heterocycles. The molecule has 0 fully saturated rings. The first-order valence-corrected chi connectivity index (χ1v) is 15.7. The van der Waals surface area contributed by atoms with Gasteiger partial charge in [0, 0.05) is 43.5 Å². The summed E-state index contributed by atoms with van der Waals surface area (Å²) in [7, 11) is 0. The van der Waals surface area contributed by atoms with Crippen molar-refractivity contribution in [1.82, 2.24) is 29.7 Å². The molecule has 1 aliphatic rings. The molecule has 0 atom stereocenters. The maximum atomic E-state index is 13.0. The highest BCUT2D eigenvalue weighted by Gasteiger charge is 2.23. The molecule has 0 radical (unpaired) electrons. The molecule has 0 N–H and O–H groups in total. The maximum absolute atomic E-state index is 13.0. The summed E-state index contributed by atoms with van der Waals surface area (Å²) in [5, 5.41) is 2.04. The summed E-state index contributed by atoms with van der Waals surface area (Å²) in [6, 6.07) is 24.6. The average Bonchev–Trinajstić information content (AvgIpc) is 2.97. The fourth-order valence-electron chi connectivity index (χ4n) is 5.87. The first-order valence-electron chi connectivity index (χ1n) is 15.7. The highest BCUT2D eigenvalue weighted by atomic mass is 16.6. The number of aromatic nitrogens is 4. The summed E-state index contributed by atoms with van der Waals surface area (Å²) in [5.74, 6) is -0.244. The van der Waals surface area contributed by atoms with Crippen molar-refractivity contribution in [3.05, 3.63) is 84.2 Å². The molecular weight excluding hydrogens is 560 g/mol. The highest BCUT2D eigenvalue weighted by Crippen LogP contribution is 2.28. The Bertz CT molecular complexity index is 1860. The van der Waals surface area contributed by atoms with E-state index in [-0.39, 0.29) is 17.9 Å². The number of hydrogen-bond donors (Lipinski definition) is 0. The third-order valence-electron chi connectivity index (χ3n) is 7.63. The zero-order chi connectivity index (χ0) is 31.8. The van der Waals surface area contributed by atoms with Crippen LogP contribution < -0.4 is 0 Å². The lowest BCUT2D eigenvalue weighted by molar-refractivity contribution is -0.156. The zero-order valence-corrected chi connectivity index (χ0v) is 27.2. The van der Waals surface area contributed by atoms with Crippen molar-refractivity contribution in [2.24, 2.45) is 5.41 Å². The van der Waals surface area contributed by atoms with Gasteiger partial charge in [0.2, 0.25) is 0 Å². The largest absolute Gasteiger partial charge is 0.459 e. The third-order valence-corrected chi connectivity index (χ3v) is 7.63. The molecule has 5 aromatic rings. The van der Waals surface area contributed by atoms with Crippen LogP contribution in [0.4, 0.5) is 0 Å². The number of rotatable bonds is 3. The van der Waals surface area contributed by atoms with E-state index in [0.29, 0.717) is 19.6 Å². The first kappa shape index (κ1) is 30.7. The number of ether oxygens (including phenoxy) is 1. The fourth-order valence-corrected chi connectivity index (χ4v) is 5.87. The Labute approximate surface area is 265 Å². The summed E-state index contributed by atoms with van der Waals surface area (Å²) in [6.45, 7) is 16.1. The molecule has 0 unspecified atom stereocenters. The van der Waals surface area contributed by atoms with Crippen LogP contribution in [0.2, 0.25) is 0 Å². The molecule has 8 nitrogen and oxygen atoms in total. The lowest BCUT2D eigenvalue weighted by Gasteiger charge is -2.32. The van der Waals surface area contributed by atoms with E-state index in [1.54, 1.807) is 0 Å². The van der Waals surface area contributed by atoms with E-state index in [4.69, 9.17) is 24.7 Å². The molecule has 0 aliphatic carbocycles. The molecule has 0 saturated heterocycles. The van der Waals surface area contributed by atoms with Crippen LogP contribution in [0.1, 0.15) is 52.9 Å². The molecule has 1 aliphatic heterocycles. The van der Waals surface area contributed by atoms with Gasteiger partial charge in [-0.2, -0.15) is 0 Å². The summed E-state index contributed by atoms with van der Waals surface area (Å²) in [4.78, 5) is 37.9. The minimum absolute atomic E-state index is 0.0749. The summed E-state index contributed by atoms with van der Waals surface area (Å²) in [5.41, 5.74) is 6.25. The van der Waals surface area contributed by atoms with Gasteiger partial charge in [0.05, 0.1) is 51.7 Å². The third kappa shape index (κ3) is 7.70. The molecule has 232 valence electrons. The predicted molar refractivity (Wildman–Crippen MR) is 179 cm³/mol. The molecule has 8 bridgehead atoms. The van der Waals surface area contributed by atoms with Crippen molar-refractivity contribution in [2.75, 3.05) is 26.2 Å². The van der Waals surface area contributed by atoms with Gasteiger partial charge in [-0.05, 0) is 62.6 Å². The van der Waals surface area contributed by atoms with E-state index < -0.39 is 5.60 Å². The van der Waals surface area contributed by atoms with Crippen LogP contribution in [-0.4, -0.2) is 67.5 Å². The van der Waals surface area contributed by atoms with Crippen LogP contribution in [0, 0.1) is 5.41 Å².